The minimum Gasteiger partial charge on any atom is -0.301 e. The maximum Gasteiger partial charge on any atom is 0.236 e. The molecule has 4 heterocycles. The van der Waals surface area contributed by atoms with Crippen LogP contribution in [-0.2, 0) is 4.79 Å². The van der Waals surface area contributed by atoms with E-state index in [0.717, 1.165) is 11.3 Å². The van der Waals surface area contributed by atoms with Gasteiger partial charge in [0.15, 0.2) is 10.8 Å². The van der Waals surface area contributed by atoms with Gasteiger partial charge in [-0.1, -0.05) is 11.8 Å². The number of thioether (sulfide) groups is 1. The van der Waals surface area contributed by atoms with Crippen molar-refractivity contribution in [1.29, 1.82) is 0 Å². The topological polar surface area (TPSA) is 98.0 Å². The van der Waals surface area contributed by atoms with Gasteiger partial charge in [-0.15, -0.1) is 21.5 Å². The Morgan fingerprint density at radius 2 is 2.04 bits per heavy atom. The summed E-state index contributed by atoms with van der Waals surface area (Å²) in [6, 6.07) is 7.48. The largest absolute Gasteiger partial charge is 0.301 e. The maximum absolute atomic E-state index is 12.0. The molecule has 0 saturated heterocycles. The van der Waals surface area contributed by atoms with Crippen LogP contribution in [0.4, 0.5) is 5.13 Å². The second kappa shape index (κ2) is 6.95. The number of fused-ring (bicyclic) bond motifs is 1. The molecule has 25 heavy (non-hydrogen) atoms. The molecule has 0 spiro atoms. The van der Waals surface area contributed by atoms with Crippen LogP contribution in [0, 0.1) is 0 Å². The number of aromatic nitrogens is 6. The van der Waals surface area contributed by atoms with Crippen LogP contribution in [0.15, 0.2) is 53.4 Å². The van der Waals surface area contributed by atoms with Crippen LogP contribution >= 0.6 is 23.1 Å². The van der Waals surface area contributed by atoms with Crippen LogP contribution in [0.25, 0.3) is 16.9 Å². The van der Waals surface area contributed by atoms with Crippen LogP contribution in [-0.4, -0.2) is 41.4 Å². The van der Waals surface area contributed by atoms with Crippen molar-refractivity contribution in [3.8, 4) is 11.3 Å². The van der Waals surface area contributed by atoms with E-state index in [4.69, 9.17) is 0 Å². The van der Waals surface area contributed by atoms with Crippen molar-refractivity contribution in [1.82, 2.24) is 29.8 Å². The fourth-order valence-electron chi connectivity index (χ4n) is 2.11. The number of pyridine rings is 1. The highest BCUT2D eigenvalue weighted by molar-refractivity contribution is 7.99. The molecule has 124 valence electrons. The molecule has 0 bridgehead atoms. The second-order valence-corrected chi connectivity index (χ2v) is 6.72. The lowest BCUT2D eigenvalue weighted by Gasteiger charge is -2.03. The van der Waals surface area contributed by atoms with Crippen molar-refractivity contribution < 1.29 is 4.79 Å². The van der Waals surface area contributed by atoms with Gasteiger partial charge in [0.1, 0.15) is 0 Å². The summed E-state index contributed by atoms with van der Waals surface area (Å²) in [6.45, 7) is 0. The van der Waals surface area contributed by atoms with Crippen molar-refractivity contribution in [2.24, 2.45) is 0 Å². The Balaban J connectivity index is 1.52. The summed E-state index contributed by atoms with van der Waals surface area (Å²) in [4.78, 5) is 20.0. The van der Waals surface area contributed by atoms with Crippen LogP contribution in [0.5, 0.6) is 0 Å². The van der Waals surface area contributed by atoms with Crippen molar-refractivity contribution in [3.05, 3.63) is 48.2 Å². The first-order valence-corrected chi connectivity index (χ1v) is 9.11. The van der Waals surface area contributed by atoms with Gasteiger partial charge in [-0.3, -0.25) is 9.78 Å². The summed E-state index contributed by atoms with van der Waals surface area (Å²) >= 11 is 2.64. The van der Waals surface area contributed by atoms with Crippen molar-refractivity contribution in [3.63, 3.8) is 0 Å². The SMILES string of the molecule is O=C(CSc1nnc2ccc(-c3ccncc3)nn12)Nc1nccs1. The Bertz CT molecular complexity index is 1000. The number of amides is 1. The number of carbonyl (C=O) groups is 1. The molecule has 1 amide bonds. The Hall–Kier alpha value is -2.85. The van der Waals surface area contributed by atoms with Crippen LogP contribution in [0.1, 0.15) is 0 Å². The molecule has 0 aliphatic carbocycles. The Labute approximate surface area is 150 Å². The molecule has 4 aromatic heterocycles. The molecule has 10 heteroatoms. The lowest BCUT2D eigenvalue weighted by atomic mass is 10.2. The predicted molar refractivity (Wildman–Crippen MR) is 95.5 cm³/mol. The van der Waals surface area contributed by atoms with Gasteiger partial charge in [-0.2, -0.15) is 9.61 Å². The zero-order valence-corrected chi connectivity index (χ0v) is 14.4. The minimum atomic E-state index is -0.151. The van der Waals surface area contributed by atoms with E-state index in [0.29, 0.717) is 15.9 Å². The van der Waals surface area contributed by atoms with Crippen molar-refractivity contribution in [2.45, 2.75) is 5.16 Å². The highest BCUT2D eigenvalue weighted by Crippen LogP contribution is 2.20. The minimum absolute atomic E-state index is 0.151. The predicted octanol–water partition coefficient (Wildman–Crippen LogP) is 2.37. The number of hydrogen-bond donors (Lipinski definition) is 1. The zero-order valence-electron chi connectivity index (χ0n) is 12.7. The molecule has 1 N–H and O–H groups in total. The van der Waals surface area contributed by atoms with E-state index in [2.05, 4.69) is 30.6 Å². The van der Waals surface area contributed by atoms with Crippen molar-refractivity contribution >= 4 is 39.8 Å². The lowest BCUT2D eigenvalue weighted by molar-refractivity contribution is -0.113. The summed E-state index contributed by atoms with van der Waals surface area (Å²) < 4.78 is 1.64. The Morgan fingerprint density at radius 1 is 1.16 bits per heavy atom. The van der Waals surface area contributed by atoms with Gasteiger partial charge >= 0.3 is 0 Å². The van der Waals surface area contributed by atoms with Gasteiger partial charge in [0.25, 0.3) is 0 Å². The van der Waals surface area contributed by atoms with Gasteiger partial charge in [-0.25, -0.2) is 4.98 Å². The first-order valence-electron chi connectivity index (χ1n) is 7.24. The first-order chi connectivity index (χ1) is 12.3. The van der Waals surface area contributed by atoms with E-state index in [-0.39, 0.29) is 11.7 Å². The fraction of sp³-hybridized carbons (Fsp3) is 0.0667. The lowest BCUT2D eigenvalue weighted by Crippen LogP contribution is -2.14. The normalized spacial score (nSPS) is 10.9. The molecule has 0 saturated carbocycles. The van der Waals surface area contributed by atoms with E-state index < -0.39 is 0 Å². The molecule has 0 atom stereocenters. The number of nitrogens with one attached hydrogen (secondary N) is 1. The molecule has 0 radical (unpaired) electrons. The van der Waals surface area contributed by atoms with E-state index in [1.165, 1.54) is 23.1 Å². The molecule has 0 aliphatic rings. The van der Waals surface area contributed by atoms with Gasteiger partial charge in [0.05, 0.1) is 11.4 Å². The first kappa shape index (κ1) is 15.7. The number of anilines is 1. The summed E-state index contributed by atoms with van der Waals surface area (Å²) in [5, 5.41) is 18.4. The van der Waals surface area contributed by atoms with E-state index in [1.807, 2.05) is 24.3 Å². The fourth-order valence-corrected chi connectivity index (χ4v) is 3.34. The van der Waals surface area contributed by atoms with Crippen LogP contribution < -0.4 is 5.32 Å². The van der Waals surface area contributed by atoms with Gasteiger partial charge in [-0.05, 0) is 24.3 Å². The molecule has 8 nitrogen and oxygen atoms in total. The van der Waals surface area contributed by atoms with E-state index in [9.17, 15) is 4.79 Å². The number of rotatable bonds is 5. The van der Waals surface area contributed by atoms with Gasteiger partial charge in [0.2, 0.25) is 11.1 Å². The van der Waals surface area contributed by atoms with Gasteiger partial charge in [0, 0.05) is 29.5 Å². The average Bonchev–Trinajstić information content (AvgIpc) is 3.30. The number of nitrogens with zero attached hydrogens (tertiary/aromatic N) is 6. The number of carbonyl (C=O) groups excluding carboxylic acids is 1. The Morgan fingerprint density at radius 3 is 2.84 bits per heavy atom. The quantitative estimate of drug-likeness (QED) is 0.539. The summed E-state index contributed by atoms with van der Waals surface area (Å²) in [5.41, 5.74) is 2.35. The second-order valence-electron chi connectivity index (χ2n) is 4.88. The zero-order chi connectivity index (χ0) is 17.1. The number of thiazole rings is 1. The van der Waals surface area contributed by atoms with Crippen molar-refractivity contribution in [2.75, 3.05) is 11.1 Å². The molecule has 0 aromatic carbocycles. The maximum atomic E-state index is 12.0. The molecule has 4 rings (SSSR count). The van der Waals surface area contributed by atoms with Gasteiger partial charge < -0.3 is 5.32 Å². The molecule has 0 aliphatic heterocycles. The molecule has 4 aromatic rings. The smallest absolute Gasteiger partial charge is 0.236 e. The highest BCUT2D eigenvalue weighted by atomic mass is 32.2. The van der Waals surface area contributed by atoms with Crippen LogP contribution in [0.3, 0.4) is 0 Å². The standard InChI is InChI=1S/C15H11N7OS2/c23-13(18-14-17-7-8-24-14)9-25-15-20-19-12-2-1-11(21-22(12)15)10-3-5-16-6-4-10/h1-8H,9H2,(H,17,18,23). The van der Waals surface area contributed by atoms with Crippen LogP contribution in [0.2, 0.25) is 0 Å². The third-order valence-electron chi connectivity index (χ3n) is 3.22. The number of hydrogen-bond acceptors (Lipinski definition) is 8. The molecular weight excluding hydrogens is 358 g/mol. The third-order valence-corrected chi connectivity index (χ3v) is 4.83. The summed E-state index contributed by atoms with van der Waals surface area (Å²) in [7, 11) is 0. The monoisotopic (exact) mass is 369 g/mol. The Kier molecular flexibility index (Phi) is 4.36. The third kappa shape index (κ3) is 3.49. The summed E-state index contributed by atoms with van der Waals surface area (Å²) in [6.07, 6.45) is 5.07. The molecular formula is C15H11N7OS2. The summed E-state index contributed by atoms with van der Waals surface area (Å²) in [5.74, 6) is 0.0450. The van der Waals surface area contributed by atoms with E-state index in [1.54, 1.807) is 28.5 Å². The van der Waals surface area contributed by atoms with E-state index >= 15 is 0 Å². The molecule has 0 fully saturated rings. The highest BCUT2D eigenvalue weighted by Gasteiger charge is 2.12. The molecule has 0 unspecified atom stereocenters. The average molecular weight is 369 g/mol.